The Balaban J connectivity index is 1.52. The molecular formula is C26H31N3O2S. The molecule has 1 aliphatic rings. The van der Waals surface area contributed by atoms with Crippen LogP contribution in [0.1, 0.15) is 53.3 Å². The maximum absolute atomic E-state index is 13.2. The van der Waals surface area contributed by atoms with Crippen molar-refractivity contribution in [3.05, 3.63) is 70.9 Å². The van der Waals surface area contributed by atoms with Gasteiger partial charge in [0.2, 0.25) is 0 Å². The van der Waals surface area contributed by atoms with Gasteiger partial charge in [-0.3, -0.25) is 9.69 Å². The van der Waals surface area contributed by atoms with Crippen LogP contribution in [0.2, 0.25) is 0 Å². The van der Waals surface area contributed by atoms with Gasteiger partial charge in [-0.15, -0.1) is 11.3 Å². The molecule has 6 heteroatoms. The maximum atomic E-state index is 13.2. The van der Waals surface area contributed by atoms with Crippen LogP contribution in [0.25, 0.3) is 10.4 Å². The van der Waals surface area contributed by atoms with Gasteiger partial charge in [0.15, 0.2) is 0 Å². The Kier molecular flexibility index (Phi) is 7.55. The number of hydrogen-bond acceptors (Lipinski definition) is 5. The largest absolute Gasteiger partial charge is 0.494 e. The molecule has 5 nitrogen and oxygen atoms in total. The molecule has 1 unspecified atom stereocenters. The van der Waals surface area contributed by atoms with E-state index in [0.717, 1.165) is 34.3 Å². The quantitative estimate of drug-likeness (QED) is 0.495. The van der Waals surface area contributed by atoms with Crippen molar-refractivity contribution < 1.29 is 9.53 Å². The van der Waals surface area contributed by atoms with Crippen molar-refractivity contribution in [3.63, 3.8) is 0 Å². The minimum Gasteiger partial charge on any atom is -0.494 e. The summed E-state index contributed by atoms with van der Waals surface area (Å²) >= 11 is 1.56. The predicted molar refractivity (Wildman–Crippen MR) is 130 cm³/mol. The lowest BCUT2D eigenvalue weighted by molar-refractivity contribution is 0.0920. The van der Waals surface area contributed by atoms with E-state index in [1.807, 2.05) is 56.3 Å². The fourth-order valence-corrected chi connectivity index (χ4v) is 5.20. The second-order valence-corrected chi connectivity index (χ2v) is 9.30. The van der Waals surface area contributed by atoms with Gasteiger partial charge >= 0.3 is 0 Å². The molecule has 1 aliphatic heterocycles. The summed E-state index contributed by atoms with van der Waals surface area (Å²) in [6.45, 7) is 7.26. The molecule has 1 aromatic heterocycles. The molecule has 2 heterocycles. The van der Waals surface area contributed by atoms with E-state index in [0.29, 0.717) is 18.8 Å². The van der Waals surface area contributed by atoms with E-state index in [2.05, 4.69) is 27.3 Å². The number of benzene rings is 2. The highest BCUT2D eigenvalue weighted by atomic mass is 32.1. The van der Waals surface area contributed by atoms with Gasteiger partial charge in [-0.05, 0) is 63.0 Å². The monoisotopic (exact) mass is 449 g/mol. The first-order valence-corrected chi connectivity index (χ1v) is 12.2. The van der Waals surface area contributed by atoms with Crippen LogP contribution in [0, 0.1) is 6.92 Å². The number of rotatable bonds is 8. The van der Waals surface area contributed by atoms with Gasteiger partial charge in [-0.25, -0.2) is 4.98 Å². The summed E-state index contributed by atoms with van der Waals surface area (Å²) in [5.74, 6) is 0.768. The smallest absolute Gasteiger partial charge is 0.271 e. The zero-order chi connectivity index (χ0) is 22.3. The Morgan fingerprint density at radius 2 is 1.81 bits per heavy atom. The molecule has 1 amide bonds. The van der Waals surface area contributed by atoms with Crippen molar-refractivity contribution >= 4 is 17.2 Å². The van der Waals surface area contributed by atoms with Crippen molar-refractivity contribution in [2.45, 2.75) is 39.2 Å². The normalized spacial score (nSPS) is 15.3. The SMILES string of the molecule is CCOc1ccc(C(CNC(=O)c2nc(C)sc2-c2ccccc2)N2CCCCC2)cc1. The fourth-order valence-electron chi connectivity index (χ4n) is 4.28. The third kappa shape index (κ3) is 5.37. The molecule has 1 fully saturated rings. The molecule has 2 aromatic carbocycles. The number of carbonyl (C=O) groups excluding carboxylic acids is 1. The summed E-state index contributed by atoms with van der Waals surface area (Å²) in [5, 5.41) is 4.09. The number of aryl methyl sites for hydroxylation is 1. The Bertz CT molecular complexity index is 1010. The molecule has 32 heavy (non-hydrogen) atoms. The van der Waals surface area contributed by atoms with Gasteiger partial charge in [0, 0.05) is 6.54 Å². The zero-order valence-electron chi connectivity index (χ0n) is 18.8. The van der Waals surface area contributed by atoms with Crippen LogP contribution >= 0.6 is 11.3 Å². The molecule has 0 saturated carbocycles. The molecule has 0 spiro atoms. The van der Waals surface area contributed by atoms with E-state index in [-0.39, 0.29) is 11.9 Å². The topological polar surface area (TPSA) is 54.5 Å². The Morgan fingerprint density at radius 3 is 2.50 bits per heavy atom. The van der Waals surface area contributed by atoms with E-state index in [1.54, 1.807) is 11.3 Å². The third-order valence-electron chi connectivity index (χ3n) is 5.85. The van der Waals surface area contributed by atoms with Gasteiger partial charge in [-0.1, -0.05) is 48.9 Å². The first-order chi connectivity index (χ1) is 15.7. The number of amides is 1. The molecule has 168 valence electrons. The number of hydrogen-bond donors (Lipinski definition) is 1. The highest BCUT2D eigenvalue weighted by Gasteiger charge is 2.25. The average Bonchev–Trinajstić information content (AvgIpc) is 3.23. The summed E-state index contributed by atoms with van der Waals surface area (Å²) in [7, 11) is 0. The molecule has 1 N–H and O–H groups in total. The lowest BCUT2D eigenvalue weighted by Gasteiger charge is -2.35. The lowest BCUT2D eigenvalue weighted by atomic mass is 10.0. The van der Waals surface area contributed by atoms with Crippen molar-refractivity contribution in [1.82, 2.24) is 15.2 Å². The summed E-state index contributed by atoms with van der Waals surface area (Å²) in [6, 6.07) is 18.4. The van der Waals surface area contributed by atoms with Gasteiger partial charge in [-0.2, -0.15) is 0 Å². The molecule has 1 saturated heterocycles. The van der Waals surface area contributed by atoms with Gasteiger partial charge in [0.05, 0.1) is 22.5 Å². The Morgan fingerprint density at radius 1 is 1.09 bits per heavy atom. The van der Waals surface area contributed by atoms with Crippen LogP contribution < -0.4 is 10.1 Å². The van der Waals surface area contributed by atoms with Crippen LogP contribution in [0.15, 0.2) is 54.6 Å². The van der Waals surface area contributed by atoms with Gasteiger partial charge in [0.25, 0.3) is 5.91 Å². The van der Waals surface area contributed by atoms with Crippen molar-refractivity contribution in [2.75, 3.05) is 26.2 Å². The van der Waals surface area contributed by atoms with Crippen molar-refractivity contribution in [1.29, 1.82) is 0 Å². The summed E-state index contributed by atoms with van der Waals surface area (Å²) in [5.41, 5.74) is 2.75. The molecule has 0 radical (unpaired) electrons. The number of likely N-dealkylation sites (tertiary alicyclic amines) is 1. The Labute approximate surface area is 194 Å². The van der Waals surface area contributed by atoms with Crippen molar-refractivity contribution in [2.24, 2.45) is 0 Å². The maximum Gasteiger partial charge on any atom is 0.271 e. The molecule has 4 rings (SSSR count). The predicted octanol–water partition coefficient (Wildman–Crippen LogP) is 5.47. The molecule has 1 atom stereocenters. The van der Waals surface area contributed by atoms with Crippen LogP contribution in [0.5, 0.6) is 5.75 Å². The Hall–Kier alpha value is -2.70. The van der Waals surface area contributed by atoms with Crippen LogP contribution in [0.3, 0.4) is 0 Å². The average molecular weight is 450 g/mol. The highest BCUT2D eigenvalue weighted by Crippen LogP contribution is 2.30. The standard InChI is InChI=1S/C26H31N3O2S/c1-3-31-22-14-12-20(13-15-22)23(29-16-8-5-9-17-29)18-27-26(30)24-25(32-19(2)28-24)21-10-6-4-7-11-21/h4,6-7,10-15,23H,3,5,8-9,16-18H2,1-2H3,(H,27,30). The zero-order valence-corrected chi connectivity index (χ0v) is 19.7. The fraction of sp³-hybridized carbons (Fsp3) is 0.385. The van der Waals surface area contributed by atoms with Crippen LogP contribution in [-0.2, 0) is 0 Å². The number of thiazole rings is 1. The van der Waals surface area contributed by atoms with E-state index in [1.165, 1.54) is 24.8 Å². The van der Waals surface area contributed by atoms with Gasteiger partial charge < -0.3 is 10.1 Å². The van der Waals surface area contributed by atoms with Crippen LogP contribution in [0.4, 0.5) is 0 Å². The van der Waals surface area contributed by atoms with E-state index >= 15 is 0 Å². The summed E-state index contributed by atoms with van der Waals surface area (Å²) < 4.78 is 5.61. The number of nitrogens with zero attached hydrogens (tertiary/aromatic N) is 2. The first kappa shape index (κ1) is 22.5. The third-order valence-corrected chi connectivity index (χ3v) is 6.87. The number of piperidine rings is 1. The van der Waals surface area contributed by atoms with Gasteiger partial charge in [0.1, 0.15) is 11.4 Å². The van der Waals surface area contributed by atoms with Crippen LogP contribution in [-0.4, -0.2) is 42.0 Å². The minimum absolute atomic E-state index is 0.110. The summed E-state index contributed by atoms with van der Waals surface area (Å²) in [4.78, 5) is 21.2. The number of ether oxygens (including phenoxy) is 1. The van der Waals surface area contributed by atoms with Crippen molar-refractivity contribution in [3.8, 4) is 16.2 Å². The second-order valence-electron chi connectivity index (χ2n) is 8.10. The van der Waals surface area contributed by atoms with E-state index < -0.39 is 0 Å². The number of aromatic nitrogens is 1. The van der Waals surface area contributed by atoms with E-state index in [9.17, 15) is 4.79 Å². The molecule has 0 aliphatic carbocycles. The first-order valence-electron chi connectivity index (χ1n) is 11.4. The highest BCUT2D eigenvalue weighted by molar-refractivity contribution is 7.15. The number of nitrogens with one attached hydrogen (secondary N) is 1. The second kappa shape index (κ2) is 10.7. The molecule has 3 aromatic rings. The van der Waals surface area contributed by atoms with E-state index in [4.69, 9.17) is 4.74 Å². The molecular weight excluding hydrogens is 418 g/mol. The number of carbonyl (C=O) groups is 1. The summed E-state index contributed by atoms with van der Waals surface area (Å²) in [6.07, 6.45) is 3.67. The lowest BCUT2D eigenvalue weighted by Crippen LogP contribution is -2.40. The molecule has 0 bridgehead atoms. The minimum atomic E-state index is -0.110.